The normalized spacial score (nSPS) is 18.1. The second kappa shape index (κ2) is 6.04. The van der Waals surface area contributed by atoms with E-state index >= 15 is 0 Å². The van der Waals surface area contributed by atoms with Crippen molar-refractivity contribution in [2.75, 3.05) is 26.3 Å². The van der Waals surface area contributed by atoms with Gasteiger partial charge in [-0.1, -0.05) is 11.6 Å². The molecular weight excluding hydrogens is 308 g/mol. The summed E-state index contributed by atoms with van der Waals surface area (Å²) in [7, 11) is 0. The fourth-order valence-electron chi connectivity index (χ4n) is 2.78. The van der Waals surface area contributed by atoms with Crippen molar-refractivity contribution < 1.29 is 19.1 Å². The molecule has 0 aliphatic carbocycles. The molecule has 0 aromatic heterocycles. The summed E-state index contributed by atoms with van der Waals surface area (Å²) in [5.41, 5.74) is 5.77. The van der Waals surface area contributed by atoms with Gasteiger partial charge in [0.05, 0.1) is 5.02 Å². The predicted octanol–water partition coefficient (Wildman–Crippen LogP) is 1.45. The lowest BCUT2D eigenvalue weighted by Gasteiger charge is -2.31. The highest BCUT2D eigenvalue weighted by molar-refractivity contribution is 6.32. The summed E-state index contributed by atoms with van der Waals surface area (Å²) in [6, 6.07) is 3.25. The Bertz CT molecular complexity index is 612. The Morgan fingerprint density at radius 1 is 1.18 bits per heavy atom. The van der Waals surface area contributed by atoms with Gasteiger partial charge in [-0.05, 0) is 25.0 Å². The zero-order valence-corrected chi connectivity index (χ0v) is 12.8. The van der Waals surface area contributed by atoms with E-state index < -0.39 is 0 Å². The Morgan fingerprint density at radius 3 is 2.55 bits per heavy atom. The molecule has 0 bridgehead atoms. The van der Waals surface area contributed by atoms with Crippen molar-refractivity contribution >= 4 is 23.4 Å². The third-order valence-corrected chi connectivity index (χ3v) is 4.31. The SMILES string of the molecule is NC(=O)C1CCN(C(=O)c2cc(Cl)c3c(c2)OCCO3)CC1. The number of likely N-dealkylation sites (tertiary alicyclic amines) is 1. The maximum absolute atomic E-state index is 12.6. The molecule has 0 atom stereocenters. The Hall–Kier alpha value is -1.95. The molecule has 6 nitrogen and oxygen atoms in total. The first-order chi connectivity index (χ1) is 10.6. The van der Waals surface area contributed by atoms with Crippen LogP contribution in [-0.4, -0.2) is 43.0 Å². The molecule has 2 aliphatic rings. The molecule has 2 N–H and O–H groups in total. The molecule has 1 saturated heterocycles. The molecule has 0 radical (unpaired) electrons. The summed E-state index contributed by atoms with van der Waals surface area (Å²) in [6.07, 6.45) is 1.19. The van der Waals surface area contributed by atoms with Crippen LogP contribution in [0, 0.1) is 5.92 Å². The first-order valence-corrected chi connectivity index (χ1v) is 7.62. The van der Waals surface area contributed by atoms with Crippen LogP contribution in [0.5, 0.6) is 11.5 Å². The monoisotopic (exact) mass is 324 g/mol. The van der Waals surface area contributed by atoms with Crippen molar-refractivity contribution in [1.29, 1.82) is 0 Å². The topological polar surface area (TPSA) is 81.9 Å². The smallest absolute Gasteiger partial charge is 0.254 e. The Labute approximate surface area is 133 Å². The lowest BCUT2D eigenvalue weighted by Crippen LogP contribution is -2.41. The Morgan fingerprint density at radius 2 is 1.86 bits per heavy atom. The van der Waals surface area contributed by atoms with E-state index in [2.05, 4.69) is 0 Å². The maximum Gasteiger partial charge on any atom is 0.254 e. The average Bonchev–Trinajstić information content (AvgIpc) is 2.54. The summed E-state index contributed by atoms with van der Waals surface area (Å²) in [4.78, 5) is 25.5. The number of nitrogens with zero attached hydrogens (tertiary/aromatic N) is 1. The number of rotatable bonds is 2. The highest BCUT2D eigenvalue weighted by Crippen LogP contribution is 2.38. The van der Waals surface area contributed by atoms with Gasteiger partial charge in [0.1, 0.15) is 13.2 Å². The van der Waals surface area contributed by atoms with Crippen molar-refractivity contribution in [1.82, 2.24) is 4.90 Å². The molecule has 3 rings (SSSR count). The van der Waals surface area contributed by atoms with E-state index in [1.54, 1.807) is 17.0 Å². The van der Waals surface area contributed by atoms with Gasteiger partial charge in [-0.15, -0.1) is 0 Å². The molecule has 118 valence electrons. The molecule has 2 amide bonds. The van der Waals surface area contributed by atoms with Crippen molar-refractivity contribution in [2.45, 2.75) is 12.8 Å². The number of amides is 2. The van der Waals surface area contributed by atoms with E-state index in [4.69, 9.17) is 26.8 Å². The minimum Gasteiger partial charge on any atom is -0.486 e. The third kappa shape index (κ3) is 2.83. The molecule has 1 aromatic carbocycles. The average molecular weight is 325 g/mol. The molecule has 1 aromatic rings. The van der Waals surface area contributed by atoms with Gasteiger partial charge >= 0.3 is 0 Å². The van der Waals surface area contributed by atoms with Crippen LogP contribution in [0.4, 0.5) is 0 Å². The molecule has 0 spiro atoms. The summed E-state index contributed by atoms with van der Waals surface area (Å²) < 4.78 is 10.9. The number of piperidine rings is 1. The summed E-state index contributed by atoms with van der Waals surface area (Å²) in [5.74, 6) is 0.412. The second-order valence-electron chi connectivity index (χ2n) is 5.45. The number of nitrogens with two attached hydrogens (primary N) is 1. The molecule has 0 saturated carbocycles. The lowest BCUT2D eigenvalue weighted by atomic mass is 9.96. The molecule has 0 unspecified atom stereocenters. The summed E-state index contributed by atoms with van der Waals surface area (Å²) in [6.45, 7) is 1.91. The number of ether oxygens (including phenoxy) is 2. The molecule has 7 heteroatoms. The van der Waals surface area contributed by atoms with E-state index in [0.717, 1.165) is 0 Å². The highest BCUT2D eigenvalue weighted by Gasteiger charge is 2.28. The Kier molecular flexibility index (Phi) is 4.11. The van der Waals surface area contributed by atoms with Gasteiger partial charge in [-0.2, -0.15) is 0 Å². The minimum atomic E-state index is -0.297. The summed E-state index contributed by atoms with van der Waals surface area (Å²) >= 11 is 6.16. The van der Waals surface area contributed by atoms with E-state index in [0.29, 0.717) is 61.2 Å². The number of hydrogen-bond acceptors (Lipinski definition) is 4. The summed E-state index contributed by atoms with van der Waals surface area (Å²) in [5, 5.41) is 0.368. The first-order valence-electron chi connectivity index (χ1n) is 7.24. The number of carbonyl (C=O) groups excluding carboxylic acids is 2. The van der Waals surface area contributed by atoms with Crippen molar-refractivity contribution in [3.8, 4) is 11.5 Å². The van der Waals surface area contributed by atoms with Crippen LogP contribution in [0.15, 0.2) is 12.1 Å². The van der Waals surface area contributed by atoms with E-state index in [-0.39, 0.29) is 17.7 Å². The predicted molar refractivity (Wildman–Crippen MR) is 80.3 cm³/mol. The number of carbonyl (C=O) groups is 2. The fraction of sp³-hybridized carbons (Fsp3) is 0.467. The van der Waals surface area contributed by atoms with Crippen molar-refractivity contribution in [3.63, 3.8) is 0 Å². The lowest BCUT2D eigenvalue weighted by molar-refractivity contribution is -0.123. The van der Waals surface area contributed by atoms with Gasteiger partial charge in [0.25, 0.3) is 5.91 Å². The second-order valence-corrected chi connectivity index (χ2v) is 5.86. The number of fused-ring (bicyclic) bond motifs is 1. The number of hydrogen-bond donors (Lipinski definition) is 1. The highest BCUT2D eigenvalue weighted by atomic mass is 35.5. The third-order valence-electron chi connectivity index (χ3n) is 4.03. The molecule has 22 heavy (non-hydrogen) atoms. The van der Waals surface area contributed by atoms with Gasteiger partial charge in [-0.3, -0.25) is 9.59 Å². The molecule has 2 aliphatic heterocycles. The van der Waals surface area contributed by atoms with E-state index in [1.165, 1.54) is 0 Å². The molecule has 2 heterocycles. The van der Waals surface area contributed by atoms with Gasteiger partial charge in [0.2, 0.25) is 5.91 Å². The van der Waals surface area contributed by atoms with Crippen molar-refractivity contribution in [2.24, 2.45) is 11.7 Å². The van der Waals surface area contributed by atoms with Crippen LogP contribution in [0.1, 0.15) is 23.2 Å². The van der Waals surface area contributed by atoms with E-state index in [1.807, 2.05) is 0 Å². The Balaban J connectivity index is 1.76. The van der Waals surface area contributed by atoms with Crippen LogP contribution >= 0.6 is 11.6 Å². The molecule has 1 fully saturated rings. The number of primary amides is 1. The fourth-order valence-corrected chi connectivity index (χ4v) is 3.05. The molecular formula is C15H17ClN2O4. The number of halogens is 1. The van der Waals surface area contributed by atoms with Gasteiger partial charge in [0.15, 0.2) is 11.5 Å². The van der Waals surface area contributed by atoms with Crippen LogP contribution in [0.2, 0.25) is 5.02 Å². The minimum absolute atomic E-state index is 0.123. The number of benzene rings is 1. The standard InChI is InChI=1S/C15H17ClN2O4/c16-11-7-10(8-12-13(11)22-6-5-21-12)15(20)18-3-1-9(2-4-18)14(17)19/h7-9H,1-6H2,(H2,17,19). The van der Waals surface area contributed by atoms with Gasteiger partial charge in [0, 0.05) is 24.6 Å². The first kappa shape index (κ1) is 15.0. The van der Waals surface area contributed by atoms with Crippen molar-refractivity contribution in [3.05, 3.63) is 22.7 Å². The quantitative estimate of drug-likeness (QED) is 0.892. The van der Waals surface area contributed by atoms with Gasteiger partial charge < -0.3 is 20.1 Å². The van der Waals surface area contributed by atoms with Crippen LogP contribution < -0.4 is 15.2 Å². The maximum atomic E-state index is 12.6. The zero-order valence-electron chi connectivity index (χ0n) is 12.0. The van der Waals surface area contributed by atoms with E-state index in [9.17, 15) is 9.59 Å². The van der Waals surface area contributed by atoms with Gasteiger partial charge in [-0.25, -0.2) is 0 Å². The van der Waals surface area contributed by atoms with Crippen LogP contribution in [0.25, 0.3) is 0 Å². The largest absolute Gasteiger partial charge is 0.486 e. The zero-order chi connectivity index (χ0) is 15.7. The van der Waals surface area contributed by atoms with Crippen LogP contribution in [-0.2, 0) is 4.79 Å². The van der Waals surface area contributed by atoms with Crippen LogP contribution in [0.3, 0.4) is 0 Å².